The summed E-state index contributed by atoms with van der Waals surface area (Å²) in [5, 5.41) is 18.5. The van der Waals surface area contributed by atoms with Crippen LogP contribution in [0, 0.1) is 25.2 Å². The molecule has 0 bridgehead atoms. The SMILES string of the molecule is Cc1cc(C#N)ccc1-c1nnc2c(c1C)CCCN2[C@@H]1CCCN(C)C1. The third-order valence-electron chi connectivity index (χ3n) is 6.07. The van der Waals surface area contributed by atoms with Gasteiger partial charge in [0.25, 0.3) is 0 Å². The lowest BCUT2D eigenvalue weighted by Gasteiger charge is -2.41. The molecule has 0 N–H and O–H groups in total. The Morgan fingerprint density at radius 2 is 2.00 bits per heavy atom. The Bertz CT molecular complexity index is 898. The van der Waals surface area contributed by atoms with Crippen LogP contribution in [0.1, 0.15) is 41.5 Å². The Morgan fingerprint density at radius 1 is 1.15 bits per heavy atom. The zero-order chi connectivity index (χ0) is 19.0. The summed E-state index contributed by atoms with van der Waals surface area (Å²) in [6.07, 6.45) is 4.73. The van der Waals surface area contributed by atoms with Crippen LogP contribution in [0.15, 0.2) is 18.2 Å². The van der Waals surface area contributed by atoms with E-state index in [0.29, 0.717) is 11.6 Å². The molecule has 0 amide bonds. The van der Waals surface area contributed by atoms with Crippen LogP contribution in [0.25, 0.3) is 11.3 Å². The first-order chi connectivity index (χ1) is 13.1. The summed E-state index contributed by atoms with van der Waals surface area (Å²) in [6.45, 7) is 7.60. The van der Waals surface area contributed by atoms with Crippen molar-refractivity contribution in [3.63, 3.8) is 0 Å². The van der Waals surface area contributed by atoms with E-state index in [0.717, 1.165) is 42.1 Å². The van der Waals surface area contributed by atoms with Crippen molar-refractivity contribution in [2.75, 3.05) is 31.6 Å². The predicted octanol–water partition coefficient (Wildman–Crippen LogP) is 3.48. The molecular weight excluding hydrogens is 334 g/mol. The van der Waals surface area contributed by atoms with Crippen LogP contribution >= 0.6 is 0 Å². The Balaban J connectivity index is 1.72. The minimum absolute atomic E-state index is 0.541. The van der Waals surface area contributed by atoms with Crippen LogP contribution in [0.2, 0.25) is 0 Å². The normalized spacial score (nSPS) is 20.2. The zero-order valence-corrected chi connectivity index (χ0v) is 16.5. The number of rotatable bonds is 2. The maximum absolute atomic E-state index is 9.12. The number of aryl methyl sites for hydroxylation is 1. The van der Waals surface area contributed by atoms with Gasteiger partial charge in [-0.1, -0.05) is 6.07 Å². The number of hydrogen-bond donors (Lipinski definition) is 0. The highest BCUT2D eigenvalue weighted by atomic mass is 15.3. The number of piperidine rings is 1. The van der Waals surface area contributed by atoms with Crippen molar-refractivity contribution in [1.29, 1.82) is 5.26 Å². The maximum Gasteiger partial charge on any atom is 0.155 e. The first-order valence-electron chi connectivity index (χ1n) is 9.91. The number of likely N-dealkylation sites (tertiary alicyclic amines) is 1. The molecule has 1 atom stereocenters. The molecular formula is C22H27N5. The average Bonchev–Trinajstić information content (AvgIpc) is 2.68. The highest BCUT2D eigenvalue weighted by Gasteiger charge is 2.30. The molecule has 140 valence electrons. The van der Waals surface area contributed by atoms with Crippen molar-refractivity contribution in [2.45, 2.75) is 45.6 Å². The van der Waals surface area contributed by atoms with Crippen molar-refractivity contribution in [2.24, 2.45) is 0 Å². The molecule has 1 aromatic carbocycles. The Morgan fingerprint density at radius 3 is 2.74 bits per heavy atom. The van der Waals surface area contributed by atoms with Gasteiger partial charge < -0.3 is 9.80 Å². The van der Waals surface area contributed by atoms with Crippen LogP contribution in [0.4, 0.5) is 5.82 Å². The summed E-state index contributed by atoms with van der Waals surface area (Å²) in [4.78, 5) is 4.93. The summed E-state index contributed by atoms with van der Waals surface area (Å²) in [7, 11) is 2.21. The number of nitrogens with zero attached hydrogens (tertiary/aromatic N) is 5. The molecule has 0 spiro atoms. The summed E-state index contributed by atoms with van der Waals surface area (Å²) < 4.78 is 0. The Kier molecular flexibility index (Phi) is 4.84. The molecule has 0 unspecified atom stereocenters. The molecule has 0 saturated carbocycles. The highest BCUT2D eigenvalue weighted by molar-refractivity contribution is 5.71. The van der Waals surface area contributed by atoms with Crippen LogP contribution in [-0.2, 0) is 6.42 Å². The molecule has 27 heavy (non-hydrogen) atoms. The number of benzene rings is 1. The quantitative estimate of drug-likeness (QED) is 0.820. The number of likely N-dealkylation sites (N-methyl/N-ethyl adjacent to an activating group) is 1. The monoisotopic (exact) mass is 361 g/mol. The third kappa shape index (κ3) is 3.30. The number of nitriles is 1. The van der Waals surface area contributed by atoms with Gasteiger partial charge in [-0.2, -0.15) is 5.26 Å². The van der Waals surface area contributed by atoms with Gasteiger partial charge in [0.15, 0.2) is 5.82 Å². The standard InChI is InChI=1S/C22H27N5/c1-15-12-17(13-23)8-9-19(15)21-16(2)20-7-5-11-27(22(20)25-24-21)18-6-4-10-26(3)14-18/h8-9,12,18H,4-7,10-11,14H2,1-3H3/t18-/m1/s1. The van der Waals surface area contributed by atoms with Gasteiger partial charge in [-0.3, -0.25) is 0 Å². The molecule has 0 aliphatic carbocycles. The second kappa shape index (κ2) is 7.28. The molecule has 5 heteroatoms. The van der Waals surface area contributed by atoms with E-state index < -0.39 is 0 Å². The van der Waals surface area contributed by atoms with E-state index in [1.54, 1.807) is 0 Å². The molecule has 0 radical (unpaired) electrons. The summed E-state index contributed by atoms with van der Waals surface area (Å²) in [5.74, 6) is 1.09. The lowest BCUT2D eigenvalue weighted by atomic mass is 9.93. The van der Waals surface area contributed by atoms with Gasteiger partial charge in [0.1, 0.15) is 0 Å². The van der Waals surface area contributed by atoms with E-state index in [2.05, 4.69) is 34.9 Å². The molecule has 4 rings (SSSR count). The molecule has 2 aromatic rings. The van der Waals surface area contributed by atoms with E-state index in [-0.39, 0.29) is 0 Å². The Hall–Kier alpha value is -2.45. The van der Waals surface area contributed by atoms with Crippen molar-refractivity contribution < 1.29 is 0 Å². The maximum atomic E-state index is 9.12. The molecule has 1 saturated heterocycles. The van der Waals surface area contributed by atoms with Crippen LogP contribution < -0.4 is 4.90 Å². The topological polar surface area (TPSA) is 56.1 Å². The first kappa shape index (κ1) is 17.9. The molecule has 5 nitrogen and oxygen atoms in total. The zero-order valence-electron chi connectivity index (χ0n) is 16.5. The molecule has 2 aliphatic heterocycles. The average molecular weight is 361 g/mol. The van der Waals surface area contributed by atoms with Crippen molar-refractivity contribution in [3.05, 3.63) is 40.5 Å². The summed E-state index contributed by atoms with van der Waals surface area (Å²) in [5.41, 5.74) is 6.39. The molecule has 2 aliphatic rings. The fraction of sp³-hybridized carbons (Fsp3) is 0.500. The van der Waals surface area contributed by atoms with Gasteiger partial charge in [-0.05, 0) is 76.4 Å². The van der Waals surface area contributed by atoms with E-state index in [1.807, 2.05) is 25.1 Å². The van der Waals surface area contributed by atoms with Crippen molar-refractivity contribution >= 4 is 5.82 Å². The van der Waals surface area contributed by atoms with Gasteiger partial charge >= 0.3 is 0 Å². The van der Waals surface area contributed by atoms with Crippen molar-refractivity contribution in [1.82, 2.24) is 15.1 Å². The van der Waals surface area contributed by atoms with Crippen molar-refractivity contribution in [3.8, 4) is 17.3 Å². The first-order valence-corrected chi connectivity index (χ1v) is 9.91. The minimum atomic E-state index is 0.541. The Labute approximate surface area is 161 Å². The van der Waals surface area contributed by atoms with Gasteiger partial charge in [-0.25, -0.2) is 0 Å². The van der Waals surface area contributed by atoms with Gasteiger partial charge in [-0.15, -0.1) is 10.2 Å². The predicted molar refractivity (Wildman–Crippen MR) is 108 cm³/mol. The summed E-state index contributed by atoms with van der Waals surface area (Å²) in [6, 6.07) is 8.56. The smallest absolute Gasteiger partial charge is 0.155 e. The molecule has 1 aromatic heterocycles. The van der Waals surface area contributed by atoms with E-state index >= 15 is 0 Å². The fourth-order valence-corrected chi connectivity index (χ4v) is 4.61. The van der Waals surface area contributed by atoms with E-state index in [1.165, 1.54) is 36.9 Å². The highest BCUT2D eigenvalue weighted by Crippen LogP contribution is 2.35. The number of anilines is 1. The second-order valence-corrected chi connectivity index (χ2v) is 7.97. The summed E-state index contributed by atoms with van der Waals surface area (Å²) >= 11 is 0. The number of hydrogen-bond acceptors (Lipinski definition) is 5. The van der Waals surface area contributed by atoms with Gasteiger partial charge in [0.2, 0.25) is 0 Å². The van der Waals surface area contributed by atoms with Crippen LogP contribution in [0.3, 0.4) is 0 Å². The molecule has 1 fully saturated rings. The largest absolute Gasteiger partial charge is 0.351 e. The van der Waals surface area contributed by atoms with Gasteiger partial charge in [0.05, 0.1) is 17.3 Å². The molecule has 3 heterocycles. The third-order valence-corrected chi connectivity index (χ3v) is 6.07. The lowest BCUT2D eigenvalue weighted by molar-refractivity contribution is 0.242. The second-order valence-electron chi connectivity index (χ2n) is 7.97. The fourth-order valence-electron chi connectivity index (χ4n) is 4.61. The lowest BCUT2D eigenvalue weighted by Crippen LogP contribution is -2.49. The van der Waals surface area contributed by atoms with Gasteiger partial charge in [0, 0.05) is 30.3 Å². The minimum Gasteiger partial charge on any atom is -0.351 e. The van der Waals surface area contributed by atoms with E-state index in [9.17, 15) is 0 Å². The van der Waals surface area contributed by atoms with Crippen LogP contribution in [0.5, 0.6) is 0 Å². The van der Waals surface area contributed by atoms with E-state index in [4.69, 9.17) is 10.4 Å². The number of aromatic nitrogens is 2. The number of fused-ring (bicyclic) bond motifs is 1. The van der Waals surface area contributed by atoms with Crippen LogP contribution in [-0.4, -0.2) is 47.8 Å².